The summed E-state index contributed by atoms with van der Waals surface area (Å²) in [5.74, 6) is 0. The third-order valence-electron chi connectivity index (χ3n) is 3.57. The minimum absolute atomic E-state index is 0.139. The molecule has 2 saturated heterocycles. The summed E-state index contributed by atoms with van der Waals surface area (Å²) in [6.45, 7) is 3.54. The second-order valence-electron chi connectivity index (χ2n) is 5.12. The smallest absolute Gasteiger partial charge is 0.158 e. The van der Waals surface area contributed by atoms with Gasteiger partial charge in [-0.2, -0.15) is 0 Å². The molecular weight excluding hydrogens is 240 g/mol. The van der Waals surface area contributed by atoms with Gasteiger partial charge in [-0.25, -0.2) is 0 Å². The molecule has 2 fully saturated rings. The van der Waals surface area contributed by atoms with E-state index in [1.54, 1.807) is 13.8 Å². The maximum Gasteiger partial charge on any atom is 0.158 e. The van der Waals surface area contributed by atoms with Gasteiger partial charge in [0.25, 0.3) is 0 Å². The lowest BCUT2D eigenvalue weighted by Crippen LogP contribution is -2.51. The van der Waals surface area contributed by atoms with Gasteiger partial charge in [-0.05, 0) is 20.3 Å². The van der Waals surface area contributed by atoms with Crippen molar-refractivity contribution in [1.29, 1.82) is 0 Å². The van der Waals surface area contributed by atoms with E-state index in [9.17, 15) is 15.3 Å². The highest BCUT2D eigenvalue weighted by molar-refractivity contribution is 4.82. The maximum atomic E-state index is 9.89. The van der Waals surface area contributed by atoms with E-state index in [1.807, 2.05) is 0 Å². The number of hydrogen-bond acceptors (Lipinski definition) is 6. The Labute approximate surface area is 106 Å². The van der Waals surface area contributed by atoms with Crippen LogP contribution in [0.2, 0.25) is 0 Å². The third-order valence-corrected chi connectivity index (χ3v) is 3.57. The van der Waals surface area contributed by atoms with E-state index < -0.39 is 37.0 Å². The molecule has 0 bridgehead atoms. The van der Waals surface area contributed by atoms with Gasteiger partial charge in [0, 0.05) is 12.8 Å². The normalized spacial score (nSPS) is 50.2. The van der Waals surface area contributed by atoms with Crippen LogP contribution in [0.4, 0.5) is 0 Å². The number of ether oxygens (including phenoxy) is 3. The van der Waals surface area contributed by atoms with Crippen LogP contribution in [-0.2, 0) is 14.2 Å². The van der Waals surface area contributed by atoms with Crippen molar-refractivity contribution < 1.29 is 29.5 Å². The Morgan fingerprint density at radius 3 is 2.28 bits per heavy atom. The van der Waals surface area contributed by atoms with Gasteiger partial charge in [0.2, 0.25) is 0 Å². The molecule has 3 N–H and O–H groups in total. The topological polar surface area (TPSA) is 88.4 Å². The first-order valence-corrected chi connectivity index (χ1v) is 6.48. The van der Waals surface area contributed by atoms with Crippen LogP contribution in [0.3, 0.4) is 0 Å². The molecule has 106 valence electrons. The van der Waals surface area contributed by atoms with Crippen molar-refractivity contribution in [1.82, 2.24) is 0 Å². The van der Waals surface area contributed by atoms with Crippen LogP contribution in [0.15, 0.2) is 0 Å². The molecule has 2 aliphatic heterocycles. The molecule has 0 spiro atoms. The van der Waals surface area contributed by atoms with E-state index in [-0.39, 0.29) is 12.5 Å². The van der Waals surface area contributed by atoms with E-state index in [0.717, 1.165) is 0 Å². The van der Waals surface area contributed by atoms with Crippen LogP contribution in [-0.4, -0.2) is 58.4 Å². The fraction of sp³-hybridized carbons (Fsp3) is 1.00. The molecule has 7 unspecified atom stereocenters. The summed E-state index contributed by atoms with van der Waals surface area (Å²) in [5.41, 5.74) is 0. The van der Waals surface area contributed by atoms with Crippen molar-refractivity contribution in [2.45, 2.75) is 76.2 Å². The number of aliphatic hydroxyl groups excluding tert-OH is 3. The Kier molecular flexibility index (Phi) is 4.58. The predicted molar refractivity (Wildman–Crippen MR) is 61.6 cm³/mol. The zero-order chi connectivity index (χ0) is 13.3. The van der Waals surface area contributed by atoms with Crippen LogP contribution < -0.4 is 0 Å². The van der Waals surface area contributed by atoms with Gasteiger partial charge in [0.1, 0.15) is 6.10 Å². The molecule has 0 aromatic carbocycles. The van der Waals surface area contributed by atoms with Crippen molar-refractivity contribution in [3.05, 3.63) is 0 Å². The van der Waals surface area contributed by atoms with Crippen molar-refractivity contribution in [2.75, 3.05) is 0 Å². The zero-order valence-corrected chi connectivity index (χ0v) is 10.7. The standard InChI is InChI=1S/C12H22O6/c1-6-8(13)3-4-11(17-6)18-12-7(2)16-10(15)5-9(12)14/h6-15H,3-5H2,1-2H3. The fourth-order valence-electron chi connectivity index (χ4n) is 2.45. The molecule has 2 aliphatic rings. The molecule has 7 atom stereocenters. The quantitative estimate of drug-likeness (QED) is 0.636. The lowest BCUT2D eigenvalue weighted by Gasteiger charge is -2.40. The van der Waals surface area contributed by atoms with Gasteiger partial charge >= 0.3 is 0 Å². The highest BCUT2D eigenvalue weighted by Crippen LogP contribution is 2.27. The van der Waals surface area contributed by atoms with Crippen LogP contribution >= 0.6 is 0 Å². The second kappa shape index (κ2) is 5.81. The highest BCUT2D eigenvalue weighted by Gasteiger charge is 2.38. The Morgan fingerprint density at radius 1 is 0.944 bits per heavy atom. The molecule has 0 saturated carbocycles. The molecule has 2 rings (SSSR count). The fourth-order valence-corrected chi connectivity index (χ4v) is 2.45. The first-order valence-electron chi connectivity index (χ1n) is 6.48. The molecule has 0 amide bonds. The number of rotatable bonds is 2. The Hall–Kier alpha value is -0.240. The summed E-state index contributed by atoms with van der Waals surface area (Å²) >= 11 is 0. The van der Waals surface area contributed by atoms with Gasteiger partial charge in [0.15, 0.2) is 12.6 Å². The van der Waals surface area contributed by atoms with E-state index in [2.05, 4.69) is 0 Å². The third kappa shape index (κ3) is 3.20. The lowest BCUT2D eigenvalue weighted by molar-refractivity contribution is -0.296. The van der Waals surface area contributed by atoms with E-state index >= 15 is 0 Å². The summed E-state index contributed by atoms with van der Waals surface area (Å²) in [6.07, 6.45) is -2.45. The Bertz CT molecular complexity index is 261. The minimum atomic E-state index is -0.942. The Morgan fingerprint density at radius 2 is 1.67 bits per heavy atom. The lowest BCUT2D eigenvalue weighted by atomic mass is 10.0. The van der Waals surface area contributed by atoms with E-state index in [1.165, 1.54) is 0 Å². The molecule has 0 aliphatic carbocycles. The van der Waals surface area contributed by atoms with Gasteiger partial charge in [0.05, 0.1) is 24.4 Å². The number of hydrogen-bond donors (Lipinski definition) is 3. The van der Waals surface area contributed by atoms with Crippen LogP contribution in [0.25, 0.3) is 0 Å². The average Bonchev–Trinajstić information content (AvgIpc) is 2.28. The van der Waals surface area contributed by atoms with Crippen molar-refractivity contribution in [3.63, 3.8) is 0 Å². The van der Waals surface area contributed by atoms with Crippen molar-refractivity contribution in [3.8, 4) is 0 Å². The van der Waals surface area contributed by atoms with Gasteiger partial charge < -0.3 is 29.5 Å². The van der Waals surface area contributed by atoms with Gasteiger partial charge in [-0.3, -0.25) is 0 Å². The molecule has 0 aromatic heterocycles. The average molecular weight is 262 g/mol. The first kappa shape index (κ1) is 14.2. The molecular formula is C12H22O6. The molecule has 2 heterocycles. The molecule has 0 aromatic rings. The molecule has 0 radical (unpaired) electrons. The highest BCUT2D eigenvalue weighted by atomic mass is 16.7. The van der Waals surface area contributed by atoms with Gasteiger partial charge in [-0.15, -0.1) is 0 Å². The zero-order valence-electron chi connectivity index (χ0n) is 10.7. The van der Waals surface area contributed by atoms with Crippen LogP contribution in [0.1, 0.15) is 33.1 Å². The number of aliphatic hydroxyl groups is 3. The largest absolute Gasteiger partial charge is 0.390 e. The van der Waals surface area contributed by atoms with Crippen LogP contribution in [0.5, 0.6) is 0 Å². The SMILES string of the molecule is CC1OC(OC2C(O)CC(O)OC2C)CCC1O. The molecule has 6 heteroatoms. The van der Waals surface area contributed by atoms with Crippen LogP contribution in [0, 0.1) is 0 Å². The van der Waals surface area contributed by atoms with Crippen molar-refractivity contribution in [2.24, 2.45) is 0 Å². The van der Waals surface area contributed by atoms with Crippen molar-refractivity contribution >= 4 is 0 Å². The summed E-state index contributed by atoms with van der Waals surface area (Å²) in [6, 6.07) is 0. The molecule has 18 heavy (non-hydrogen) atoms. The first-order chi connectivity index (χ1) is 8.47. The van der Waals surface area contributed by atoms with E-state index in [0.29, 0.717) is 12.8 Å². The molecule has 6 nitrogen and oxygen atoms in total. The minimum Gasteiger partial charge on any atom is -0.390 e. The maximum absolute atomic E-state index is 9.89. The summed E-state index contributed by atoms with van der Waals surface area (Å²) < 4.78 is 16.5. The summed E-state index contributed by atoms with van der Waals surface area (Å²) in [4.78, 5) is 0. The summed E-state index contributed by atoms with van der Waals surface area (Å²) in [5, 5.41) is 28.8. The monoisotopic (exact) mass is 262 g/mol. The van der Waals surface area contributed by atoms with Gasteiger partial charge in [-0.1, -0.05) is 0 Å². The second-order valence-corrected chi connectivity index (χ2v) is 5.12. The predicted octanol–water partition coefficient (Wildman–Crippen LogP) is -0.254. The summed E-state index contributed by atoms with van der Waals surface area (Å²) in [7, 11) is 0. The Balaban J connectivity index is 1.88. The van der Waals surface area contributed by atoms with E-state index in [4.69, 9.17) is 14.2 Å².